The predicted molar refractivity (Wildman–Crippen MR) is 41.1 cm³/mol. The van der Waals surface area contributed by atoms with Gasteiger partial charge in [-0.05, 0) is 18.6 Å². The Morgan fingerprint density at radius 3 is 2.64 bits per heavy atom. The van der Waals surface area contributed by atoms with Crippen molar-refractivity contribution >= 4 is 17.5 Å². The second-order valence-corrected chi connectivity index (χ2v) is 3.87. The first kappa shape index (κ1) is 8.97. The maximum atomic E-state index is 11.8. The van der Waals surface area contributed by atoms with Crippen LogP contribution in [-0.2, 0) is 4.79 Å². The van der Waals surface area contributed by atoms with Gasteiger partial charge in [0.2, 0.25) is 5.78 Å². The molecule has 1 fully saturated rings. The molecule has 1 saturated heterocycles. The summed E-state index contributed by atoms with van der Waals surface area (Å²) in [5, 5.41) is -0.427. The molecule has 0 N–H and O–H groups in total. The van der Waals surface area contributed by atoms with Gasteiger partial charge in [0.1, 0.15) is 0 Å². The van der Waals surface area contributed by atoms with Gasteiger partial charge >= 0.3 is 0 Å². The highest BCUT2D eigenvalue weighted by atomic mass is 32.2. The molecule has 1 unspecified atom stereocenters. The van der Waals surface area contributed by atoms with Crippen molar-refractivity contribution in [2.24, 2.45) is 0 Å². The minimum Gasteiger partial charge on any atom is -0.292 e. The molecule has 1 atom stereocenters. The monoisotopic (exact) mass is 180 g/mol. The molecule has 0 saturated carbocycles. The molecular formula is C7H10F2OS. The van der Waals surface area contributed by atoms with Crippen LogP contribution in [0.1, 0.15) is 19.3 Å². The number of rotatable bonds is 2. The van der Waals surface area contributed by atoms with Crippen LogP contribution in [0.15, 0.2) is 0 Å². The van der Waals surface area contributed by atoms with Crippen LogP contribution in [0.2, 0.25) is 0 Å². The zero-order chi connectivity index (χ0) is 8.27. The lowest BCUT2D eigenvalue weighted by Crippen LogP contribution is -2.26. The van der Waals surface area contributed by atoms with Gasteiger partial charge in [-0.25, -0.2) is 8.78 Å². The first-order chi connectivity index (χ1) is 5.22. The smallest absolute Gasteiger partial charge is 0.292 e. The van der Waals surface area contributed by atoms with Crippen molar-refractivity contribution in [3.63, 3.8) is 0 Å². The number of halogens is 2. The highest BCUT2D eigenvalue weighted by Crippen LogP contribution is 2.27. The van der Waals surface area contributed by atoms with E-state index < -0.39 is 17.5 Å². The Bertz CT molecular complexity index is 143. The molecule has 0 amide bonds. The molecule has 0 aromatic carbocycles. The van der Waals surface area contributed by atoms with Crippen molar-refractivity contribution in [2.45, 2.75) is 30.9 Å². The van der Waals surface area contributed by atoms with E-state index in [1.807, 2.05) is 0 Å². The molecule has 1 aliphatic rings. The van der Waals surface area contributed by atoms with Crippen LogP contribution in [0.4, 0.5) is 8.78 Å². The van der Waals surface area contributed by atoms with E-state index in [1.165, 1.54) is 11.8 Å². The van der Waals surface area contributed by atoms with Gasteiger partial charge < -0.3 is 0 Å². The Morgan fingerprint density at radius 2 is 2.18 bits per heavy atom. The molecule has 64 valence electrons. The minimum absolute atomic E-state index is 0.427. The second-order valence-electron chi connectivity index (χ2n) is 2.56. The van der Waals surface area contributed by atoms with Crippen molar-refractivity contribution in [1.29, 1.82) is 0 Å². The van der Waals surface area contributed by atoms with Crippen LogP contribution < -0.4 is 0 Å². The number of thioether (sulfide) groups is 1. The van der Waals surface area contributed by atoms with Gasteiger partial charge in [-0.1, -0.05) is 6.42 Å². The van der Waals surface area contributed by atoms with Gasteiger partial charge in [-0.15, -0.1) is 0 Å². The van der Waals surface area contributed by atoms with Crippen LogP contribution in [0.5, 0.6) is 0 Å². The summed E-state index contributed by atoms with van der Waals surface area (Å²) < 4.78 is 23.7. The molecule has 1 nitrogen and oxygen atoms in total. The third kappa shape index (κ3) is 2.43. The van der Waals surface area contributed by atoms with Crippen molar-refractivity contribution in [2.75, 3.05) is 5.75 Å². The van der Waals surface area contributed by atoms with E-state index in [-0.39, 0.29) is 0 Å². The molecular weight excluding hydrogens is 170 g/mol. The fraction of sp³-hybridized carbons (Fsp3) is 0.857. The fourth-order valence-electron chi connectivity index (χ4n) is 1.11. The number of hydrogen-bond acceptors (Lipinski definition) is 2. The van der Waals surface area contributed by atoms with Crippen LogP contribution in [0, 0.1) is 0 Å². The lowest BCUT2D eigenvalue weighted by molar-refractivity contribution is -0.129. The Morgan fingerprint density at radius 1 is 1.45 bits per heavy atom. The molecule has 0 radical (unpaired) electrons. The highest BCUT2D eigenvalue weighted by molar-refractivity contribution is 8.00. The van der Waals surface area contributed by atoms with Crippen LogP contribution in [0.25, 0.3) is 0 Å². The molecule has 0 aromatic rings. The van der Waals surface area contributed by atoms with E-state index in [1.54, 1.807) is 0 Å². The van der Waals surface area contributed by atoms with E-state index in [2.05, 4.69) is 0 Å². The number of alkyl halides is 2. The molecule has 1 rings (SSSR count). The average molecular weight is 180 g/mol. The standard InChI is InChI=1S/C7H10F2OS/c8-7(9)6(10)5-3-1-2-4-11-5/h5,7H,1-4H2. The summed E-state index contributed by atoms with van der Waals surface area (Å²) in [6.45, 7) is 0. The quantitative estimate of drug-likeness (QED) is 0.647. The van der Waals surface area contributed by atoms with Gasteiger partial charge in [0, 0.05) is 0 Å². The molecule has 0 bridgehead atoms. The van der Waals surface area contributed by atoms with Crippen molar-refractivity contribution in [3.05, 3.63) is 0 Å². The maximum absolute atomic E-state index is 11.8. The van der Waals surface area contributed by atoms with Gasteiger partial charge in [0.25, 0.3) is 6.43 Å². The van der Waals surface area contributed by atoms with E-state index in [4.69, 9.17) is 0 Å². The summed E-state index contributed by atoms with van der Waals surface area (Å²) in [5.41, 5.74) is 0. The number of Topliss-reactive ketones (excluding diaryl/α,β-unsaturated/α-hetero) is 1. The number of carbonyl (C=O) groups excluding carboxylic acids is 1. The third-order valence-corrected chi connectivity index (χ3v) is 3.11. The summed E-state index contributed by atoms with van der Waals surface area (Å²) >= 11 is 1.37. The normalized spacial score (nSPS) is 25.5. The van der Waals surface area contributed by atoms with E-state index >= 15 is 0 Å². The molecule has 11 heavy (non-hydrogen) atoms. The SMILES string of the molecule is O=C(C(F)F)C1CCCCS1. The third-order valence-electron chi connectivity index (χ3n) is 1.71. The van der Waals surface area contributed by atoms with Gasteiger partial charge in [0.05, 0.1) is 5.25 Å². The second kappa shape index (κ2) is 4.04. The number of hydrogen-bond donors (Lipinski definition) is 0. The number of carbonyl (C=O) groups is 1. The van der Waals surface area contributed by atoms with Crippen LogP contribution in [-0.4, -0.2) is 23.2 Å². The lowest BCUT2D eigenvalue weighted by atomic mass is 10.1. The fourth-order valence-corrected chi connectivity index (χ4v) is 2.36. The molecule has 0 spiro atoms. The minimum atomic E-state index is -2.77. The molecule has 1 aliphatic heterocycles. The van der Waals surface area contributed by atoms with Gasteiger partial charge in [-0.3, -0.25) is 4.79 Å². The summed E-state index contributed by atoms with van der Waals surface area (Å²) in [5.74, 6) is -0.0296. The first-order valence-electron chi connectivity index (χ1n) is 3.65. The Kier molecular flexibility index (Phi) is 3.30. The molecule has 0 aliphatic carbocycles. The van der Waals surface area contributed by atoms with Gasteiger partial charge in [0.15, 0.2) is 0 Å². The van der Waals surface area contributed by atoms with Crippen molar-refractivity contribution in [3.8, 4) is 0 Å². The Labute approximate surface area is 68.5 Å². The lowest BCUT2D eigenvalue weighted by Gasteiger charge is -2.18. The highest BCUT2D eigenvalue weighted by Gasteiger charge is 2.28. The predicted octanol–water partition coefficient (Wildman–Crippen LogP) is 2.11. The molecule has 0 aromatic heterocycles. The van der Waals surface area contributed by atoms with E-state index in [0.29, 0.717) is 6.42 Å². The van der Waals surface area contributed by atoms with Crippen molar-refractivity contribution < 1.29 is 13.6 Å². The maximum Gasteiger partial charge on any atom is 0.297 e. The zero-order valence-electron chi connectivity index (χ0n) is 6.06. The molecule has 4 heteroatoms. The topological polar surface area (TPSA) is 17.1 Å². The largest absolute Gasteiger partial charge is 0.297 e. The summed E-state index contributed by atoms with van der Waals surface area (Å²) in [6.07, 6.45) is -0.174. The Hall–Kier alpha value is -0.120. The van der Waals surface area contributed by atoms with Crippen LogP contribution >= 0.6 is 11.8 Å². The van der Waals surface area contributed by atoms with E-state index in [0.717, 1.165) is 18.6 Å². The summed E-state index contributed by atoms with van der Waals surface area (Å²) in [7, 11) is 0. The van der Waals surface area contributed by atoms with Gasteiger partial charge in [-0.2, -0.15) is 11.8 Å². The average Bonchev–Trinajstić information content (AvgIpc) is 2.05. The zero-order valence-corrected chi connectivity index (χ0v) is 6.87. The van der Waals surface area contributed by atoms with E-state index in [9.17, 15) is 13.6 Å². The Balaban J connectivity index is 2.39. The summed E-state index contributed by atoms with van der Waals surface area (Å²) in [6, 6.07) is 0. The number of ketones is 1. The summed E-state index contributed by atoms with van der Waals surface area (Å²) in [4.78, 5) is 10.7. The first-order valence-corrected chi connectivity index (χ1v) is 4.70. The van der Waals surface area contributed by atoms with Crippen molar-refractivity contribution in [1.82, 2.24) is 0 Å². The molecule has 1 heterocycles. The van der Waals surface area contributed by atoms with Crippen LogP contribution in [0.3, 0.4) is 0 Å².